The molecule has 0 aliphatic heterocycles. The van der Waals surface area contributed by atoms with Gasteiger partial charge in [0.15, 0.2) is 0 Å². The highest BCUT2D eigenvalue weighted by molar-refractivity contribution is 6.87. The van der Waals surface area contributed by atoms with Gasteiger partial charge in [-0.05, 0) is 18.0 Å². The molecular formula is C15H26OSi. The second-order valence-electron chi connectivity index (χ2n) is 5.79. The van der Waals surface area contributed by atoms with E-state index >= 15 is 0 Å². The number of rotatable bonds is 4. The van der Waals surface area contributed by atoms with Crippen molar-refractivity contribution in [3.05, 3.63) is 24.5 Å². The topological polar surface area (TPSA) is 9.23 Å². The second kappa shape index (κ2) is 6.71. The van der Waals surface area contributed by atoms with Crippen LogP contribution in [0.5, 0.6) is 0 Å². The van der Waals surface area contributed by atoms with Gasteiger partial charge in [0.1, 0.15) is 8.07 Å². The molecule has 0 N–H and O–H groups in total. The largest absolute Gasteiger partial charge is 0.497 e. The van der Waals surface area contributed by atoms with Crippen LogP contribution < -0.4 is 0 Å². The number of hydrogen-bond donors (Lipinski definition) is 0. The lowest BCUT2D eigenvalue weighted by Crippen LogP contribution is -2.35. The van der Waals surface area contributed by atoms with E-state index in [9.17, 15) is 0 Å². The van der Waals surface area contributed by atoms with Crippen molar-refractivity contribution in [3.63, 3.8) is 0 Å². The van der Waals surface area contributed by atoms with Crippen molar-refractivity contribution in [2.45, 2.75) is 52.2 Å². The molecule has 0 fully saturated rings. The quantitative estimate of drug-likeness (QED) is 0.234. The molecule has 0 bridgehead atoms. The first-order valence-electron chi connectivity index (χ1n) is 6.13. The first-order valence-corrected chi connectivity index (χ1v) is 9.13. The molecule has 0 aromatic rings. The average Bonchev–Trinajstić information content (AvgIpc) is 2.15. The van der Waals surface area contributed by atoms with E-state index in [-0.39, 0.29) is 0 Å². The Balaban J connectivity index is 4.15. The molecule has 0 aromatic heterocycles. The fourth-order valence-corrected chi connectivity index (χ4v) is 1.89. The van der Waals surface area contributed by atoms with Crippen LogP contribution in [0.2, 0.25) is 18.1 Å². The summed E-state index contributed by atoms with van der Waals surface area (Å²) in [6.45, 7) is 17.7. The molecule has 0 saturated heterocycles. The van der Waals surface area contributed by atoms with Crippen LogP contribution in [-0.2, 0) is 4.74 Å². The predicted molar refractivity (Wildman–Crippen MR) is 79.5 cm³/mol. The van der Waals surface area contributed by atoms with E-state index in [1.807, 2.05) is 13.0 Å². The molecule has 0 atom stereocenters. The summed E-state index contributed by atoms with van der Waals surface area (Å²) in [7, 11) is -1.44. The second-order valence-corrected chi connectivity index (χ2v) is 10.8. The van der Waals surface area contributed by atoms with E-state index in [0.29, 0.717) is 11.6 Å². The summed E-state index contributed by atoms with van der Waals surface area (Å²) in [4.78, 5) is 0. The van der Waals surface area contributed by atoms with Gasteiger partial charge in [0.05, 0.1) is 12.4 Å². The average molecular weight is 250 g/mol. The van der Waals surface area contributed by atoms with Gasteiger partial charge in [-0.2, -0.15) is 0 Å². The van der Waals surface area contributed by atoms with Crippen LogP contribution in [0.4, 0.5) is 0 Å². The van der Waals surface area contributed by atoms with E-state index in [4.69, 9.17) is 4.74 Å². The van der Waals surface area contributed by atoms with Crippen molar-refractivity contribution < 1.29 is 4.74 Å². The lowest BCUT2D eigenvalue weighted by atomic mass is 10.2. The molecule has 0 aromatic carbocycles. The highest BCUT2D eigenvalue weighted by atomic mass is 28.3. The molecule has 0 saturated carbocycles. The Morgan fingerprint density at radius 3 is 2.41 bits per heavy atom. The highest BCUT2D eigenvalue weighted by Gasteiger charge is 2.33. The van der Waals surface area contributed by atoms with Crippen LogP contribution in [0.3, 0.4) is 0 Å². The summed E-state index contributed by atoms with van der Waals surface area (Å²) in [5.74, 6) is 4.16. The Bertz CT molecular complexity index is 334. The van der Waals surface area contributed by atoms with Crippen LogP contribution in [0.1, 0.15) is 34.1 Å². The minimum absolute atomic E-state index is 0.333. The van der Waals surface area contributed by atoms with Crippen molar-refractivity contribution in [2.24, 2.45) is 0 Å². The van der Waals surface area contributed by atoms with Crippen LogP contribution in [0, 0.1) is 11.5 Å². The molecular weight excluding hydrogens is 224 g/mol. The lowest BCUT2D eigenvalue weighted by Gasteiger charge is -2.31. The third-order valence-corrected chi connectivity index (χ3v) is 7.74. The monoisotopic (exact) mass is 250 g/mol. The van der Waals surface area contributed by atoms with Gasteiger partial charge in [0, 0.05) is 6.42 Å². The zero-order chi connectivity index (χ0) is 13.5. The van der Waals surface area contributed by atoms with Gasteiger partial charge >= 0.3 is 0 Å². The van der Waals surface area contributed by atoms with E-state index < -0.39 is 8.07 Å². The van der Waals surface area contributed by atoms with Gasteiger partial charge in [-0.3, -0.25) is 0 Å². The summed E-state index contributed by atoms with van der Waals surface area (Å²) < 4.78 is 5.49. The predicted octanol–water partition coefficient (Wildman–Crippen LogP) is 4.53. The smallest absolute Gasteiger partial charge is 0.137 e. The molecule has 0 spiro atoms. The molecule has 0 radical (unpaired) electrons. The summed E-state index contributed by atoms with van der Waals surface area (Å²) in [6, 6.07) is 0. The van der Waals surface area contributed by atoms with E-state index in [2.05, 4.69) is 51.9 Å². The maximum Gasteiger partial charge on any atom is 0.137 e. The summed E-state index contributed by atoms with van der Waals surface area (Å²) in [5, 5.41) is 0.333. The Hall–Kier alpha value is -0.943. The minimum atomic E-state index is -1.44. The van der Waals surface area contributed by atoms with Gasteiger partial charge in [0.25, 0.3) is 0 Å². The van der Waals surface area contributed by atoms with Crippen LogP contribution >= 0.6 is 0 Å². The first-order chi connectivity index (χ1) is 7.70. The van der Waals surface area contributed by atoms with Crippen molar-refractivity contribution >= 4 is 8.07 Å². The van der Waals surface area contributed by atoms with Crippen molar-refractivity contribution in [2.75, 3.05) is 6.61 Å². The fraction of sp³-hybridized carbons (Fsp3) is 0.600. The lowest BCUT2D eigenvalue weighted by molar-refractivity contribution is 0.221. The van der Waals surface area contributed by atoms with E-state index in [0.717, 1.165) is 12.2 Å². The summed E-state index contributed by atoms with van der Waals surface area (Å²) >= 11 is 0. The summed E-state index contributed by atoms with van der Waals surface area (Å²) in [6.07, 6.45) is 4.40. The third kappa shape index (κ3) is 6.38. The zero-order valence-electron chi connectivity index (χ0n) is 12.2. The highest BCUT2D eigenvalue weighted by Crippen LogP contribution is 2.35. The van der Waals surface area contributed by atoms with E-state index in [1.165, 1.54) is 0 Å². The SMILES string of the molecule is C=C/C=C(\C)OCCC#C[Si](C)(C)C(C)(C)C. The van der Waals surface area contributed by atoms with Crippen molar-refractivity contribution in [3.8, 4) is 11.5 Å². The molecule has 0 aliphatic rings. The Morgan fingerprint density at radius 2 is 1.94 bits per heavy atom. The van der Waals surface area contributed by atoms with Gasteiger partial charge in [-0.15, -0.1) is 11.5 Å². The van der Waals surface area contributed by atoms with Crippen LogP contribution in [0.25, 0.3) is 0 Å². The Kier molecular flexibility index (Phi) is 6.34. The number of ether oxygens (including phenoxy) is 1. The zero-order valence-corrected chi connectivity index (χ0v) is 13.2. The molecule has 0 aliphatic carbocycles. The molecule has 0 unspecified atom stereocenters. The minimum Gasteiger partial charge on any atom is -0.497 e. The van der Waals surface area contributed by atoms with Crippen LogP contribution in [-0.4, -0.2) is 14.7 Å². The molecule has 0 rings (SSSR count). The van der Waals surface area contributed by atoms with Crippen LogP contribution in [0.15, 0.2) is 24.5 Å². The third-order valence-electron chi connectivity index (χ3n) is 3.19. The number of allylic oxidation sites excluding steroid dienone is 3. The van der Waals surface area contributed by atoms with Gasteiger partial charge in [-0.25, -0.2) is 0 Å². The van der Waals surface area contributed by atoms with Gasteiger partial charge < -0.3 is 4.74 Å². The van der Waals surface area contributed by atoms with Gasteiger partial charge in [-0.1, -0.05) is 46.5 Å². The standard InChI is InChI=1S/C15H26OSi/c1-8-11-14(2)16-12-9-10-13-17(6,7)15(3,4)5/h8,11H,1,9,12H2,2-7H3/b14-11+. The maximum absolute atomic E-state index is 5.49. The van der Waals surface area contributed by atoms with E-state index in [1.54, 1.807) is 6.08 Å². The Labute approximate surface area is 108 Å². The first kappa shape index (κ1) is 16.1. The molecule has 2 heteroatoms. The normalized spacial score (nSPS) is 12.7. The Morgan fingerprint density at radius 1 is 1.35 bits per heavy atom. The molecule has 0 amide bonds. The molecule has 96 valence electrons. The van der Waals surface area contributed by atoms with Crippen molar-refractivity contribution in [1.82, 2.24) is 0 Å². The maximum atomic E-state index is 5.49. The summed E-state index contributed by atoms with van der Waals surface area (Å²) in [5.41, 5.74) is 3.47. The van der Waals surface area contributed by atoms with Gasteiger partial charge in [0.2, 0.25) is 0 Å². The van der Waals surface area contributed by atoms with Crippen molar-refractivity contribution in [1.29, 1.82) is 0 Å². The number of hydrogen-bond acceptors (Lipinski definition) is 1. The fourth-order valence-electron chi connectivity index (χ4n) is 0.948. The molecule has 1 nitrogen and oxygen atoms in total. The molecule has 17 heavy (non-hydrogen) atoms. The molecule has 0 heterocycles.